The third-order valence-corrected chi connectivity index (χ3v) is 9.61. The Morgan fingerprint density at radius 2 is 1.82 bits per heavy atom. The van der Waals surface area contributed by atoms with Crippen LogP contribution in [0, 0.1) is 36.5 Å². The second kappa shape index (κ2) is 8.27. The summed E-state index contributed by atoms with van der Waals surface area (Å²) in [6, 6.07) is 0. The lowest BCUT2D eigenvalue weighted by Gasteiger charge is -2.63. The first-order valence-corrected chi connectivity index (χ1v) is 12.6. The van der Waals surface area contributed by atoms with Gasteiger partial charge in [0.05, 0.1) is 30.5 Å². The SMILES string of the molecule is C=C1CC[C@@H]2[C@](C)(CC[C@H]3O[C@@H](C(C)(C)O)CC[C@@]23C)[C@@H]1Cc1c(OC)oc(C)c(C)c1=O. The van der Waals surface area contributed by atoms with Crippen molar-refractivity contribution < 1.29 is 19.0 Å². The third kappa shape index (κ3) is 3.89. The normalized spacial score (nSPS) is 36.8. The fourth-order valence-electron chi connectivity index (χ4n) is 7.44. The van der Waals surface area contributed by atoms with Crippen molar-refractivity contribution in [2.24, 2.45) is 22.7 Å². The van der Waals surface area contributed by atoms with E-state index in [9.17, 15) is 9.90 Å². The van der Waals surface area contributed by atoms with Crippen LogP contribution in [0.5, 0.6) is 5.95 Å². The van der Waals surface area contributed by atoms with Gasteiger partial charge in [-0.3, -0.25) is 4.79 Å². The average Bonchev–Trinajstić information content (AvgIpc) is 2.74. The first-order valence-electron chi connectivity index (χ1n) is 12.6. The smallest absolute Gasteiger partial charge is 0.291 e. The summed E-state index contributed by atoms with van der Waals surface area (Å²) in [5, 5.41) is 10.6. The standard InChI is InChI=1S/C28H42O5/c1-16-9-10-21-27(6,13-12-23-28(21,7)14-11-22(33-23)26(4,5)30)20(16)15-19-24(29)17(2)18(3)32-25(19)31-8/h20-23,30H,1,9-15H2,2-8H3/t20-,21-,22-,23-,27-,28+/m1/s1. The summed E-state index contributed by atoms with van der Waals surface area (Å²) >= 11 is 0. The van der Waals surface area contributed by atoms with Gasteiger partial charge < -0.3 is 19.0 Å². The van der Waals surface area contributed by atoms with Gasteiger partial charge in [0.15, 0.2) is 5.43 Å². The zero-order valence-corrected chi connectivity index (χ0v) is 21.5. The summed E-state index contributed by atoms with van der Waals surface area (Å²) in [6.07, 6.45) is 6.66. The van der Waals surface area contributed by atoms with Gasteiger partial charge >= 0.3 is 0 Å². The number of fused-ring (bicyclic) bond motifs is 3. The molecule has 2 heterocycles. The molecular formula is C28H42O5. The quantitative estimate of drug-likeness (QED) is 0.602. The first-order chi connectivity index (χ1) is 15.3. The Bertz CT molecular complexity index is 985. The van der Waals surface area contributed by atoms with Gasteiger partial charge in [0.1, 0.15) is 5.76 Å². The van der Waals surface area contributed by atoms with E-state index in [1.165, 1.54) is 5.57 Å². The molecule has 1 aromatic rings. The van der Waals surface area contributed by atoms with Crippen molar-refractivity contribution in [2.45, 2.75) is 104 Å². The van der Waals surface area contributed by atoms with Crippen LogP contribution >= 0.6 is 0 Å². The zero-order chi connectivity index (χ0) is 24.3. The molecule has 1 aliphatic heterocycles. The van der Waals surface area contributed by atoms with Gasteiger partial charge in [-0.25, -0.2) is 0 Å². The maximum atomic E-state index is 13.2. The van der Waals surface area contributed by atoms with Crippen LogP contribution in [0.4, 0.5) is 0 Å². The van der Waals surface area contributed by atoms with Crippen molar-refractivity contribution in [3.8, 4) is 5.95 Å². The Morgan fingerprint density at radius 1 is 1.15 bits per heavy atom. The minimum absolute atomic E-state index is 0.0295. The monoisotopic (exact) mass is 458 g/mol. The van der Waals surface area contributed by atoms with Crippen LogP contribution in [0.15, 0.2) is 21.4 Å². The number of rotatable bonds is 4. The number of hydrogen-bond acceptors (Lipinski definition) is 5. The van der Waals surface area contributed by atoms with E-state index >= 15 is 0 Å². The molecule has 33 heavy (non-hydrogen) atoms. The van der Waals surface area contributed by atoms with Gasteiger partial charge in [-0.2, -0.15) is 0 Å². The molecule has 0 spiro atoms. The minimum Gasteiger partial charge on any atom is -0.468 e. The molecule has 3 aliphatic rings. The van der Waals surface area contributed by atoms with Crippen molar-refractivity contribution in [3.63, 3.8) is 0 Å². The number of aryl methyl sites for hydroxylation is 1. The van der Waals surface area contributed by atoms with E-state index in [0.717, 1.165) is 38.5 Å². The summed E-state index contributed by atoms with van der Waals surface area (Å²) < 4.78 is 17.9. The highest BCUT2D eigenvalue weighted by molar-refractivity contribution is 5.33. The Morgan fingerprint density at radius 3 is 2.45 bits per heavy atom. The van der Waals surface area contributed by atoms with Crippen LogP contribution in [0.25, 0.3) is 0 Å². The number of hydrogen-bond donors (Lipinski definition) is 1. The van der Waals surface area contributed by atoms with Gasteiger partial charge in [-0.15, -0.1) is 0 Å². The maximum absolute atomic E-state index is 13.2. The van der Waals surface area contributed by atoms with Crippen molar-refractivity contribution in [2.75, 3.05) is 7.11 Å². The van der Waals surface area contributed by atoms with Gasteiger partial charge in [0.2, 0.25) is 0 Å². The first kappa shape index (κ1) is 24.5. The average molecular weight is 459 g/mol. The molecule has 2 aliphatic carbocycles. The highest BCUT2D eigenvalue weighted by Gasteiger charge is 2.60. The van der Waals surface area contributed by atoms with Crippen LogP contribution in [-0.4, -0.2) is 30.0 Å². The molecule has 1 aromatic heterocycles. The lowest BCUT2D eigenvalue weighted by molar-refractivity contribution is -0.236. The highest BCUT2D eigenvalue weighted by atomic mass is 16.6. The molecule has 5 heteroatoms. The highest BCUT2D eigenvalue weighted by Crippen LogP contribution is 2.64. The molecule has 6 atom stereocenters. The summed E-state index contributed by atoms with van der Waals surface area (Å²) in [4.78, 5) is 13.2. The van der Waals surface area contributed by atoms with Crippen LogP contribution in [0.2, 0.25) is 0 Å². The molecule has 184 valence electrons. The van der Waals surface area contributed by atoms with Gasteiger partial charge in [-0.1, -0.05) is 26.0 Å². The van der Waals surface area contributed by atoms with Gasteiger partial charge in [-0.05, 0) is 95.3 Å². The second-order valence-corrected chi connectivity index (χ2v) is 11.9. The topological polar surface area (TPSA) is 68.9 Å². The number of aliphatic hydroxyl groups is 1. The van der Waals surface area contributed by atoms with Gasteiger partial charge in [0.25, 0.3) is 5.95 Å². The van der Waals surface area contributed by atoms with Gasteiger partial charge in [0, 0.05) is 5.56 Å². The molecule has 3 fully saturated rings. The number of ether oxygens (including phenoxy) is 2. The predicted octanol–water partition coefficient (Wildman–Crippen LogP) is 5.52. The van der Waals surface area contributed by atoms with E-state index in [0.29, 0.717) is 35.2 Å². The number of methoxy groups -OCH3 is 1. The molecule has 5 nitrogen and oxygen atoms in total. The number of allylic oxidation sites excluding steroid dienone is 1. The molecule has 0 aromatic carbocycles. The van der Waals surface area contributed by atoms with E-state index in [2.05, 4.69) is 20.4 Å². The van der Waals surface area contributed by atoms with Crippen LogP contribution in [0.1, 0.15) is 83.1 Å². The fraction of sp³-hybridized carbons (Fsp3) is 0.750. The fourth-order valence-corrected chi connectivity index (χ4v) is 7.44. The van der Waals surface area contributed by atoms with E-state index in [-0.39, 0.29) is 34.4 Å². The van der Waals surface area contributed by atoms with Crippen molar-refractivity contribution in [1.29, 1.82) is 0 Å². The second-order valence-electron chi connectivity index (χ2n) is 11.9. The largest absolute Gasteiger partial charge is 0.468 e. The van der Waals surface area contributed by atoms with Crippen LogP contribution in [-0.2, 0) is 11.2 Å². The molecular weight excluding hydrogens is 416 g/mol. The third-order valence-electron chi connectivity index (χ3n) is 9.61. The maximum Gasteiger partial charge on any atom is 0.291 e. The van der Waals surface area contributed by atoms with Crippen molar-refractivity contribution in [3.05, 3.63) is 39.3 Å². The molecule has 2 saturated carbocycles. The molecule has 0 radical (unpaired) electrons. The predicted molar refractivity (Wildman–Crippen MR) is 130 cm³/mol. The van der Waals surface area contributed by atoms with E-state index < -0.39 is 5.60 Å². The van der Waals surface area contributed by atoms with Crippen molar-refractivity contribution >= 4 is 0 Å². The van der Waals surface area contributed by atoms with E-state index in [4.69, 9.17) is 13.9 Å². The Balaban J connectivity index is 1.68. The summed E-state index contributed by atoms with van der Waals surface area (Å²) in [5.41, 5.74) is 1.84. The van der Waals surface area contributed by atoms with E-state index in [1.807, 2.05) is 27.7 Å². The van der Waals surface area contributed by atoms with Crippen LogP contribution < -0.4 is 10.2 Å². The minimum atomic E-state index is -0.820. The summed E-state index contributed by atoms with van der Waals surface area (Å²) in [7, 11) is 1.57. The lowest BCUT2D eigenvalue weighted by Crippen LogP contribution is -2.61. The molecule has 0 unspecified atom stereocenters. The molecule has 1 saturated heterocycles. The summed E-state index contributed by atoms with van der Waals surface area (Å²) in [6.45, 7) is 16.6. The molecule has 1 N–H and O–H groups in total. The molecule has 0 amide bonds. The molecule has 0 bridgehead atoms. The lowest BCUT2D eigenvalue weighted by atomic mass is 9.44. The molecule has 4 rings (SSSR count). The van der Waals surface area contributed by atoms with Crippen LogP contribution in [0.3, 0.4) is 0 Å². The Hall–Kier alpha value is -1.59. The summed E-state index contributed by atoms with van der Waals surface area (Å²) in [5.74, 6) is 1.63. The zero-order valence-electron chi connectivity index (χ0n) is 21.5. The Kier molecular flexibility index (Phi) is 6.14. The Labute approximate surface area is 198 Å². The van der Waals surface area contributed by atoms with Crippen molar-refractivity contribution in [1.82, 2.24) is 0 Å². The van der Waals surface area contributed by atoms with E-state index in [1.54, 1.807) is 7.11 Å².